The van der Waals surface area contributed by atoms with E-state index in [1.165, 1.54) is 12.3 Å². The zero-order chi connectivity index (χ0) is 18.1. The van der Waals surface area contributed by atoms with Crippen molar-refractivity contribution < 1.29 is 13.2 Å². The largest absolute Gasteiger partial charge is 0.419 e. The first kappa shape index (κ1) is 17.1. The highest BCUT2D eigenvalue weighted by molar-refractivity contribution is 5.51. The first-order chi connectivity index (χ1) is 12.5. The lowest BCUT2D eigenvalue weighted by molar-refractivity contribution is -0.137. The average Bonchev–Trinajstić information content (AvgIpc) is 2.61. The number of rotatable bonds is 3. The zero-order valence-corrected chi connectivity index (χ0v) is 14.2. The Morgan fingerprint density at radius 2 is 1.58 bits per heavy atom. The summed E-state index contributed by atoms with van der Waals surface area (Å²) < 4.78 is 39.4. The Bertz CT molecular complexity index is 738. The number of halogens is 3. The van der Waals surface area contributed by atoms with E-state index in [2.05, 4.69) is 19.8 Å². The van der Waals surface area contributed by atoms with Gasteiger partial charge in [0.1, 0.15) is 11.6 Å². The van der Waals surface area contributed by atoms with Crippen LogP contribution in [-0.4, -0.2) is 60.2 Å². The third-order valence-corrected chi connectivity index (χ3v) is 5.06. The molecule has 2 aliphatic rings. The Labute approximate surface area is 150 Å². The predicted octanol–water partition coefficient (Wildman–Crippen LogP) is 2.51. The van der Waals surface area contributed by atoms with E-state index in [9.17, 15) is 13.2 Å². The summed E-state index contributed by atoms with van der Waals surface area (Å²) >= 11 is 0. The van der Waals surface area contributed by atoms with Crippen LogP contribution in [0.25, 0.3) is 0 Å². The molecule has 26 heavy (non-hydrogen) atoms. The molecule has 138 valence electrons. The van der Waals surface area contributed by atoms with Gasteiger partial charge in [0.2, 0.25) is 0 Å². The number of piperazine rings is 1. The number of alkyl halides is 3. The summed E-state index contributed by atoms with van der Waals surface area (Å²) in [7, 11) is 0. The van der Waals surface area contributed by atoms with E-state index < -0.39 is 11.7 Å². The molecule has 0 amide bonds. The van der Waals surface area contributed by atoms with Crippen LogP contribution in [0.15, 0.2) is 42.7 Å². The molecule has 4 heterocycles. The molecule has 0 radical (unpaired) electrons. The fraction of sp³-hybridized carbons (Fsp3) is 0.444. The Morgan fingerprint density at radius 1 is 0.846 bits per heavy atom. The predicted molar refractivity (Wildman–Crippen MR) is 93.3 cm³/mol. The van der Waals surface area contributed by atoms with Crippen LogP contribution >= 0.6 is 0 Å². The minimum atomic E-state index is -4.37. The summed E-state index contributed by atoms with van der Waals surface area (Å²) in [6, 6.07) is 8.59. The molecule has 4 rings (SSSR count). The van der Waals surface area contributed by atoms with Gasteiger partial charge in [-0.05, 0) is 24.3 Å². The number of hydrogen-bond donors (Lipinski definition) is 0. The van der Waals surface area contributed by atoms with Crippen molar-refractivity contribution in [2.45, 2.75) is 12.2 Å². The van der Waals surface area contributed by atoms with Gasteiger partial charge in [-0.15, -0.1) is 0 Å². The van der Waals surface area contributed by atoms with E-state index in [0.717, 1.165) is 38.1 Å². The maximum absolute atomic E-state index is 13.1. The Balaban J connectivity index is 1.34. The molecule has 0 unspecified atom stereocenters. The number of aromatic nitrogens is 2. The van der Waals surface area contributed by atoms with Crippen LogP contribution in [0.3, 0.4) is 0 Å². The van der Waals surface area contributed by atoms with Gasteiger partial charge >= 0.3 is 6.18 Å². The van der Waals surface area contributed by atoms with Gasteiger partial charge in [0.25, 0.3) is 0 Å². The molecular formula is C18H20F3N5. The van der Waals surface area contributed by atoms with Crippen LogP contribution in [0.5, 0.6) is 0 Å². The summed E-state index contributed by atoms with van der Waals surface area (Å²) in [5, 5.41) is 0. The third-order valence-electron chi connectivity index (χ3n) is 5.06. The van der Waals surface area contributed by atoms with Crippen molar-refractivity contribution in [3.8, 4) is 0 Å². The number of anilines is 2. The smallest absolute Gasteiger partial charge is 0.354 e. The second-order valence-electron chi connectivity index (χ2n) is 6.64. The molecule has 2 aromatic heterocycles. The molecule has 0 bridgehead atoms. The molecular weight excluding hydrogens is 343 g/mol. The molecule has 2 aliphatic heterocycles. The standard InChI is InChI=1S/C18H20F3N5/c19-18(20,21)15-4-3-7-23-17(15)26-12-14(13-26)24-8-10-25(11-9-24)16-5-1-2-6-22-16/h1-7,14H,8-13H2. The van der Waals surface area contributed by atoms with E-state index in [0.29, 0.717) is 13.1 Å². The van der Waals surface area contributed by atoms with Gasteiger partial charge in [-0.3, -0.25) is 4.90 Å². The van der Waals surface area contributed by atoms with E-state index in [1.54, 1.807) is 11.1 Å². The van der Waals surface area contributed by atoms with Gasteiger partial charge in [-0.2, -0.15) is 13.2 Å². The molecule has 2 fully saturated rings. The van der Waals surface area contributed by atoms with Crippen LogP contribution in [0.4, 0.5) is 24.8 Å². The van der Waals surface area contributed by atoms with Crippen LogP contribution in [0.2, 0.25) is 0 Å². The van der Waals surface area contributed by atoms with Gasteiger partial charge in [0.05, 0.1) is 5.56 Å². The SMILES string of the molecule is FC(F)(F)c1cccnc1N1CC(N2CCN(c3ccccn3)CC2)C1. The zero-order valence-electron chi connectivity index (χ0n) is 14.2. The van der Waals surface area contributed by atoms with Crippen molar-refractivity contribution >= 4 is 11.6 Å². The molecule has 0 saturated carbocycles. The fourth-order valence-corrected chi connectivity index (χ4v) is 3.59. The maximum Gasteiger partial charge on any atom is 0.419 e. The van der Waals surface area contributed by atoms with Crippen molar-refractivity contribution in [3.05, 3.63) is 48.3 Å². The lowest BCUT2D eigenvalue weighted by atomic mass is 10.0. The Hall–Kier alpha value is -2.35. The van der Waals surface area contributed by atoms with Gasteiger partial charge in [-0.25, -0.2) is 9.97 Å². The molecule has 8 heteroatoms. The lowest BCUT2D eigenvalue weighted by Crippen LogP contribution is -2.63. The van der Waals surface area contributed by atoms with Crippen LogP contribution in [0, 0.1) is 0 Å². The minimum Gasteiger partial charge on any atom is -0.354 e. The van der Waals surface area contributed by atoms with Crippen molar-refractivity contribution in [1.29, 1.82) is 0 Å². The molecule has 0 atom stereocenters. The molecule has 2 aromatic rings. The second-order valence-corrected chi connectivity index (χ2v) is 6.64. The molecule has 0 aliphatic carbocycles. The lowest BCUT2D eigenvalue weighted by Gasteiger charge is -2.49. The van der Waals surface area contributed by atoms with Crippen molar-refractivity contribution in [3.63, 3.8) is 0 Å². The fourth-order valence-electron chi connectivity index (χ4n) is 3.59. The summed E-state index contributed by atoms with van der Waals surface area (Å²) in [6.07, 6.45) is -1.16. The highest BCUT2D eigenvalue weighted by Crippen LogP contribution is 2.37. The summed E-state index contributed by atoms with van der Waals surface area (Å²) in [5.74, 6) is 1.02. The van der Waals surface area contributed by atoms with Crippen LogP contribution < -0.4 is 9.80 Å². The number of nitrogens with zero attached hydrogens (tertiary/aromatic N) is 5. The Kier molecular flexibility index (Phi) is 4.44. The Morgan fingerprint density at radius 3 is 2.23 bits per heavy atom. The van der Waals surface area contributed by atoms with Gasteiger partial charge in [-0.1, -0.05) is 6.07 Å². The van der Waals surface area contributed by atoms with Gasteiger partial charge in [0, 0.05) is 57.7 Å². The third kappa shape index (κ3) is 3.33. The monoisotopic (exact) mass is 363 g/mol. The van der Waals surface area contributed by atoms with E-state index in [-0.39, 0.29) is 11.9 Å². The summed E-state index contributed by atoms with van der Waals surface area (Å²) in [5.41, 5.74) is -0.654. The van der Waals surface area contributed by atoms with Crippen LogP contribution in [0.1, 0.15) is 5.56 Å². The second kappa shape index (κ2) is 6.75. The molecule has 0 N–H and O–H groups in total. The molecule has 5 nitrogen and oxygen atoms in total. The number of hydrogen-bond acceptors (Lipinski definition) is 5. The molecule has 2 saturated heterocycles. The molecule has 0 aromatic carbocycles. The van der Waals surface area contributed by atoms with Crippen molar-refractivity contribution in [1.82, 2.24) is 14.9 Å². The van der Waals surface area contributed by atoms with Crippen molar-refractivity contribution in [2.75, 3.05) is 49.1 Å². The molecule has 0 spiro atoms. The topological polar surface area (TPSA) is 35.5 Å². The maximum atomic E-state index is 13.1. The summed E-state index contributed by atoms with van der Waals surface area (Å²) in [4.78, 5) is 14.7. The van der Waals surface area contributed by atoms with Gasteiger partial charge in [0.15, 0.2) is 0 Å². The first-order valence-corrected chi connectivity index (χ1v) is 8.69. The summed E-state index contributed by atoms with van der Waals surface area (Å²) in [6.45, 7) is 4.72. The van der Waals surface area contributed by atoms with E-state index in [4.69, 9.17) is 0 Å². The van der Waals surface area contributed by atoms with E-state index in [1.807, 2.05) is 18.2 Å². The van der Waals surface area contributed by atoms with Crippen molar-refractivity contribution in [2.24, 2.45) is 0 Å². The highest BCUT2D eigenvalue weighted by atomic mass is 19.4. The number of pyridine rings is 2. The minimum absolute atomic E-state index is 0.0448. The van der Waals surface area contributed by atoms with Crippen LogP contribution in [-0.2, 0) is 6.18 Å². The first-order valence-electron chi connectivity index (χ1n) is 8.69. The average molecular weight is 363 g/mol. The normalized spacial score (nSPS) is 19.5. The quantitative estimate of drug-likeness (QED) is 0.837. The highest BCUT2D eigenvalue weighted by Gasteiger charge is 2.40. The van der Waals surface area contributed by atoms with E-state index >= 15 is 0 Å². The van der Waals surface area contributed by atoms with Gasteiger partial charge < -0.3 is 9.80 Å².